The average molecular weight is 456 g/mol. The van der Waals surface area contributed by atoms with E-state index < -0.39 is 0 Å². The normalized spacial score (nSPS) is 14.4. The maximum atomic E-state index is 13.4. The molecule has 1 aliphatic rings. The van der Waals surface area contributed by atoms with Crippen molar-refractivity contribution in [3.05, 3.63) is 84.9 Å². The Morgan fingerprint density at radius 1 is 0.765 bits per heavy atom. The highest BCUT2D eigenvalue weighted by Gasteiger charge is 2.20. The lowest BCUT2D eigenvalue weighted by Gasteiger charge is -2.35. The van der Waals surface area contributed by atoms with Crippen molar-refractivity contribution in [2.24, 2.45) is 0 Å². The molecule has 0 aliphatic carbocycles. The van der Waals surface area contributed by atoms with Crippen LogP contribution in [-0.2, 0) is 0 Å². The fourth-order valence-electron chi connectivity index (χ4n) is 4.18. The van der Waals surface area contributed by atoms with Gasteiger partial charge in [0.2, 0.25) is 0 Å². The predicted molar refractivity (Wildman–Crippen MR) is 132 cm³/mol. The lowest BCUT2D eigenvalue weighted by Crippen LogP contribution is -2.47. The molecular weight excluding hydrogens is 429 g/mol. The van der Waals surface area contributed by atoms with Crippen LogP contribution in [0, 0.1) is 5.82 Å². The molecule has 0 saturated carbocycles. The van der Waals surface area contributed by atoms with Gasteiger partial charge >= 0.3 is 0 Å². The molecule has 172 valence electrons. The first kappa shape index (κ1) is 22.1. The van der Waals surface area contributed by atoms with Gasteiger partial charge in [0.05, 0.1) is 12.3 Å². The summed E-state index contributed by atoms with van der Waals surface area (Å²) < 4.78 is 13.4. The van der Waals surface area contributed by atoms with Gasteiger partial charge in [0.1, 0.15) is 11.6 Å². The Balaban J connectivity index is 1.52. The van der Waals surface area contributed by atoms with Crippen LogP contribution < -0.4 is 4.90 Å². The quantitative estimate of drug-likeness (QED) is 0.472. The SMILES string of the molecule is OCCN1CCN(c2cc(-c3cncc(-c4ccc(F)cc4)c3)nc(-c3ccccc3)n2)CC1. The molecule has 0 atom stereocenters. The molecule has 2 aromatic heterocycles. The van der Waals surface area contributed by atoms with E-state index in [0.29, 0.717) is 12.4 Å². The first-order valence-corrected chi connectivity index (χ1v) is 11.4. The number of piperazine rings is 1. The van der Waals surface area contributed by atoms with Crippen LogP contribution in [0.25, 0.3) is 33.8 Å². The third-order valence-electron chi connectivity index (χ3n) is 6.07. The van der Waals surface area contributed by atoms with E-state index in [1.807, 2.05) is 42.5 Å². The minimum Gasteiger partial charge on any atom is -0.395 e. The van der Waals surface area contributed by atoms with Crippen LogP contribution in [0.3, 0.4) is 0 Å². The Kier molecular flexibility index (Phi) is 6.56. The van der Waals surface area contributed by atoms with E-state index >= 15 is 0 Å². The number of pyridine rings is 1. The molecule has 3 heterocycles. The van der Waals surface area contributed by atoms with Crippen molar-refractivity contribution in [3.8, 4) is 33.8 Å². The molecule has 1 saturated heterocycles. The van der Waals surface area contributed by atoms with Gasteiger partial charge in [-0.3, -0.25) is 9.88 Å². The van der Waals surface area contributed by atoms with Gasteiger partial charge in [0, 0.05) is 67.9 Å². The summed E-state index contributed by atoms with van der Waals surface area (Å²) in [7, 11) is 0. The molecule has 2 aromatic carbocycles. The Morgan fingerprint density at radius 3 is 2.24 bits per heavy atom. The van der Waals surface area contributed by atoms with Crippen LogP contribution in [0.15, 0.2) is 79.1 Å². The van der Waals surface area contributed by atoms with Gasteiger partial charge in [0.15, 0.2) is 5.82 Å². The zero-order valence-corrected chi connectivity index (χ0v) is 18.8. The number of benzene rings is 2. The highest BCUT2D eigenvalue weighted by molar-refractivity contribution is 5.73. The van der Waals surface area contributed by atoms with Crippen molar-refractivity contribution in [2.45, 2.75) is 0 Å². The second kappa shape index (κ2) is 10.1. The van der Waals surface area contributed by atoms with Crippen molar-refractivity contribution < 1.29 is 9.50 Å². The standard InChI is InChI=1S/C27H26FN5O/c28-24-8-6-20(7-9-24)22-16-23(19-29-18-22)25-17-26(33-12-10-32(11-13-33)14-15-34)31-27(30-25)21-4-2-1-3-5-21/h1-9,16-19,34H,10-15H2. The summed E-state index contributed by atoms with van der Waals surface area (Å²) in [6.45, 7) is 4.29. The van der Waals surface area contributed by atoms with Crippen LogP contribution in [-0.4, -0.2) is 64.3 Å². The van der Waals surface area contributed by atoms with Crippen molar-refractivity contribution in [1.82, 2.24) is 19.9 Å². The number of aliphatic hydroxyl groups is 1. The van der Waals surface area contributed by atoms with Gasteiger partial charge in [-0.25, -0.2) is 14.4 Å². The van der Waals surface area contributed by atoms with Crippen LogP contribution in [0.4, 0.5) is 10.2 Å². The van der Waals surface area contributed by atoms with Crippen LogP contribution in [0.2, 0.25) is 0 Å². The first-order chi connectivity index (χ1) is 16.7. The molecular formula is C27H26FN5O. The molecule has 4 aromatic rings. The predicted octanol–water partition coefficient (Wildman–Crippen LogP) is 4.13. The average Bonchev–Trinajstić information content (AvgIpc) is 2.90. The van der Waals surface area contributed by atoms with E-state index in [9.17, 15) is 9.50 Å². The first-order valence-electron chi connectivity index (χ1n) is 11.4. The molecule has 0 radical (unpaired) electrons. The minimum absolute atomic E-state index is 0.174. The Hall–Kier alpha value is -3.68. The maximum Gasteiger partial charge on any atom is 0.162 e. The van der Waals surface area contributed by atoms with Crippen LogP contribution in [0.1, 0.15) is 0 Å². The van der Waals surface area contributed by atoms with Crippen molar-refractivity contribution >= 4 is 5.82 Å². The molecule has 6 nitrogen and oxygen atoms in total. The highest BCUT2D eigenvalue weighted by atomic mass is 19.1. The van der Waals surface area contributed by atoms with E-state index in [4.69, 9.17) is 9.97 Å². The monoisotopic (exact) mass is 455 g/mol. The van der Waals surface area contributed by atoms with Gasteiger partial charge in [-0.1, -0.05) is 42.5 Å². The fourth-order valence-corrected chi connectivity index (χ4v) is 4.18. The number of halogens is 1. The number of aliphatic hydroxyl groups excluding tert-OH is 1. The summed E-state index contributed by atoms with van der Waals surface area (Å²) in [5.74, 6) is 1.28. The molecule has 34 heavy (non-hydrogen) atoms. The third kappa shape index (κ3) is 4.95. The van der Waals surface area contributed by atoms with Gasteiger partial charge in [-0.15, -0.1) is 0 Å². The zero-order valence-electron chi connectivity index (χ0n) is 18.8. The summed E-state index contributed by atoms with van der Waals surface area (Å²) in [5, 5.41) is 9.24. The second-order valence-electron chi connectivity index (χ2n) is 8.32. The van der Waals surface area contributed by atoms with Crippen molar-refractivity contribution in [1.29, 1.82) is 0 Å². The van der Waals surface area contributed by atoms with Gasteiger partial charge in [-0.05, 0) is 23.8 Å². The zero-order chi connectivity index (χ0) is 23.3. The molecule has 0 unspecified atom stereocenters. The number of β-amino-alcohol motifs (C(OH)–C–C–N with tert-alkyl or cyclic N) is 1. The van der Waals surface area contributed by atoms with E-state index in [2.05, 4.69) is 14.8 Å². The van der Waals surface area contributed by atoms with Crippen molar-refractivity contribution in [3.63, 3.8) is 0 Å². The molecule has 0 spiro atoms. The Labute approximate surface area is 198 Å². The highest BCUT2D eigenvalue weighted by Crippen LogP contribution is 2.29. The van der Waals surface area contributed by atoms with E-state index in [1.165, 1.54) is 12.1 Å². The molecule has 1 fully saturated rings. The van der Waals surface area contributed by atoms with Gasteiger partial charge < -0.3 is 10.0 Å². The summed E-state index contributed by atoms with van der Waals surface area (Å²) in [4.78, 5) is 18.7. The molecule has 1 aliphatic heterocycles. The number of nitrogens with zero attached hydrogens (tertiary/aromatic N) is 5. The Bertz CT molecular complexity index is 1240. The lowest BCUT2D eigenvalue weighted by molar-refractivity contribution is 0.188. The van der Waals surface area contributed by atoms with Crippen molar-refractivity contribution in [2.75, 3.05) is 44.2 Å². The molecule has 7 heteroatoms. The van der Waals surface area contributed by atoms with E-state index in [1.54, 1.807) is 24.5 Å². The summed E-state index contributed by atoms with van der Waals surface area (Å²) >= 11 is 0. The van der Waals surface area contributed by atoms with Crippen LogP contribution in [0.5, 0.6) is 0 Å². The largest absolute Gasteiger partial charge is 0.395 e. The molecule has 1 N–H and O–H groups in total. The Morgan fingerprint density at radius 2 is 1.50 bits per heavy atom. The van der Waals surface area contributed by atoms with Gasteiger partial charge in [-0.2, -0.15) is 0 Å². The summed E-state index contributed by atoms with van der Waals surface area (Å²) in [6.07, 6.45) is 3.57. The smallest absolute Gasteiger partial charge is 0.162 e. The second-order valence-corrected chi connectivity index (χ2v) is 8.32. The molecule has 0 amide bonds. The summed E-state index contributed by atoms with van der Waals surface area (Å²) in [5.41, 5.74) is 4.41. The number of hydrogen-bond acceptors (Lipinski definition) is 6. The summed E-state index contributed by atoms with van der Waals surface area (Å²) in [6, 6.07) is 20.4. The number of aromatic nitrogens is 3. The number of anilines is 1. The lowest BCUT2D eigenvalue weighted by atomic mass is 10.0. The van der Waals surface area contributed by atoms with E-state index in [-0.39, 0.29) is 12.4 Å². The minimum atomic E-state index is -0.264. The third-order valence-corrected chi connectivity index (χ3v) is 6.07. The van der Waals surface area contributed by atoms with E-state index in [0.717, 1.165) is 59.9 Å². The maximum absolute atomic E-state index is 13.4. The topological polar surface area (TPSA) is 65.4 Å². The molecule has 5 rings (SSSR count). The number of rotatable bonds is 6. The molecule has 0 bridgehead atoms. The number of hydrogen-bond donors (Lipinski definition) is 1. The fraction of sp³-hybridized carbons (Fsp3) is 0.222. The van der Waals surface area contributed by atoms with Gasteiger partial charge in [0.25, 0.3) is 0 Å². The van der Waals surface area contributed by atoms with Crippen LogP contribution >= 0.6 is 0 Å².